The molecule has 1 aliphatic rings. The van der Waals surface area contributed by atoms with Crippen LogP contribution >= 0.6 is 0 Å². The molecule has 0 unspecified atom stereocenters. The number of sulfone groups is 1. The molecule has 1 saturated heterocycles. The smallest absolute Gasteiger partial charge is 0.219 e. The molecule has 194 valence electrons. The van der Waals surface area contributed by atoms with Crippen LogP contribution in [-0.2, 0) is 26.6 Å². The summed E-state index contributed by atoms with van der Waals surface area (Å²) in [5.41, 5.74) is 1.31. The number of rotatable bonds is 6. The van der Waals surface area contributed by atoms with Crippen LogP contribution in [-0.4, -0.2) is 56.1 Å². The molecule has 1 fully saturated rings. The fraction of sp³-hybridized carbons (Fsp3) is 0.481. The lowest BCUT2D eigenvalue weighted by Crippen LogP contribution is -2.38. The Morgan fingerprint density at radius 1 is 1.06 bits per heavy atom. The Kier molecular flexibility index (Phi) is 7.05. The second-order valence-electron chi connectivity index (χ2n) is 10.4. The highest BCUT2D eigenvalue weighted by Gasteiger charge is 2.30. The normalized spacial score (nSPS) is 15.3. The molecule has 0 aliphatic carbocycles. The van der Waals surface area contributed by atoms with Crippen molar-refractivity contribution in [2.24, 2.45) is 5.92 Å². The van der Waals surface area contributed by atoms with Crippen molar-refractivity contribution < 1.29 is 22.7 Å². The molecule has 1 aliphatic heterocycles. The number of methoxy groups -OCH3 is 2. The SMILES string of the molecule is COc1cccc(OC)c1S(=O)(=O)c1ccc2c(c1)nc(C(C)(C)C)n2CC1CCN(C(C)=O)CC1. The summed E-state index contributed by atoms with van der Waals surface area (Å²) >= 11 is 0. The van der Waals surface area contributed by atoms with Gasteiger partial charge in [-0.05, 0) is 49.1 Å². The Labute approximate surface area is 213 Å². The van der Waals surface area contributed by atoms with Crippen LogP contribution in [0.2, 0.25) is 0 Å². The highest BCUT2D eigenvalue weighted by molar-refractivity contribution is 7.91. The van der Waals surface area contributed by atoms with Gasteiger partial charge in [0.2, 0.25) is 15.7 Å². The summed E-state index contributed by atoms with van der Waals surface area (Å²) < 4.78 is 40.3. The van der Waals surface area contributed by atoms with Crippen molar-refractivity contribution in [3.63, 3.8) is 0 Å². The van der Waals surface area contributed by atoms with Gasteiger partial charge >= 0.3 is 0 Å². The van der Waals surface area contributed by atoms with Gasteiger partial charge in [0, 0.05) is 32.0 Å². The molecule has 0 spiro atoms. The van der Waals surface area contributed by atoms with E-state index in [-0.39, 0.29) is 32.6 Å². The van der Waals surface area contributed by atoms with Crippen LogP contribution in [0.4, 0.5) is 0 Å². The molecule has 0 atom stereocenters. The van der Waals surface area contributed by atoms with Crippen molar-refractivity contribution in [3.05, 3.63) is 42.2 Å². The van der Waals surface area contributed by atoms with Gasteiger partial charge in [0.1, 0.15) is 17.3 Å². The number of benzene rings is 2. The van der Waals surface area contributed by atoms with E-state index in [2.05, 4.69) is 25.3 Å². The number of hydrogen-bond donors (Lipinski definition) is 0. The van der Waals surface area contributed by atoms with E-state index in [4.69, 9.17) is 14.5 Å². The van der Waals surface area contributed by atoms with Crippen molar-refractivity contribution in [2.45, 2.75) is 62.3 Å². The molecule has 2 heterocycles. The first-order chi connectivity index (χ1) is 17.0. The Morgan fingerprint density at radius 3 is 2.19 bits per heavy atom. The third-order valence-electron chi connectivity index (χ3n) is 6.85. The van der Waals surface area contributed by atoms with Crippen molar-refractivity contribution in [2.75, 3.05) is 27.3 Å². The molecule has 2 aromatic carbocycles. The summed E-state index contributed by atoms with van der Waals surface area (Å²) in [4.78, 5) is 18.7. The summed E-state index contributed by atoms with van der Waals surface area (Å²) in [5.74, 6) is 1.91. The second kappa shape index (κ2) is 9.76. The fourth-order valence-electron chi connectivity index (χ4n) is 4.92. The molecular weight excluding hydrogens is 478 g/mol. The van der Waals surface area contributed by atoms with Gasteiger partial charge in [0.25, 0.3) is 0 Å². The highest BCUT2D eigenvalue weighted by Crippen LogP contribution is 2.38. The third kappa shape index (κ3) is 4.81. The van der Waals surface area contributed by atoms with E-state index in [0.29, 0.717) is 11.4 Å². The lowest BCUT2D eigenvalue weighted by molar-refractivity contribution is -0.130. The highest BCUT2D eigenvalue weighted by atomic mass is 32.2. The number of aromatic nitrogens is 2. The molecule has 0 N–H and O–H groups in total. The summed E-state index contributed by atoms with van der Waals surface area (Å²) in [5, 5.41) is 0. The minimum absolute atomic E-state index is 0.00191. The first kappa shape index (κ1) is 26.0. The molecular formula is C27H35N3O5S. The maximum atomic E-state index is 13.7. The molecule has 8 nitrogen and oxygen atoms in total. The molecule has 3 aromatic rings. The largest absolute Gasteiger partial charge is 0.495 e. The van der Waals surface area contributed by atoms with Crippen LogP contribution in [0, 0.1) is 5.92 Å². The number of hydrogen-bond acceptors (Lipinski definition) is 6. The van der Waals surface area contributed by atoms with Crippen LogP contribution in [0.3, 0.4) is 0 Å². The van der Waals surface area contributed by atoms with Gasteiger partial charge in [0.05, 0.1) is 30.1 Å². The quantitative estimate of drug-likeness (QED) is 0.484. The zero-order valence-electron chi connectivity index (χ0n) is 21.9. The molecule has 0 radical (unpaired) electrons. The summed E-state index contributed by atoms with van der Waals surface area (Å²) in [6.45, 7) is 10.3. The minimum atomic E-state index is -3.93. The van der Waals surface area contributed by atoms with Crippen molar-refractivity contribution in [1.29, 1.82) is 0 Å². The van der Waals surface area contributed by atoms with Gasteiger partial charge in [-0.25, -0.2) is 13.4 Å². The molecule has 1 aromatic heterocycles. The number of piperidine rings is 1. The lowest BCUT2D eigenvalue weighted by atomic mass is 9.93. The number of carbonyl (C=O) groups is 1. The van der Waals surface area contributed by atoms with Crippen LogP contribution in [0.15, 0.2) is 46.2 Å². The van der Waals surface area contributed by atoms with Gasteiger partial charge in [-0.1, -0.05) is 26.8 Å². The number of nitrogens with zero attached hydrogens (tertiary/aromatic N) is 3. The van der Waals surface area contributed by atoms with E-state index < -0.39 is 9.84 Å². The molecule has 1 amide bonds. The van der Waals surface area contributed by atoms with E-state index in [0.717, 1.165) is 43.8 Å². The van der Waals surface area contributed by atoms with Gasteiger partial charge in [-0.2, -0.15) is 0 Å². The third-order valence-corrected chi connectivity index (χ3v) is 8.67. The summed E-state index contributed by atoms with van der Waals surface area (Å²) in [6, 6.07) is 10.0. The molecule has 4 rings (SSSR count). The molecule has 36 heavy (non-hydrogen) atoms. The Bertz CT molecular complexity index is 1360. The Hall–Kier alpha value is -3.07. The van der Waals surface area contributed by atoms with Gasteiger partial charge in [-0.3, -0.25) is 4.79 Å². The first-order valence-electron chi connectivity index (χ1n) is 12.2. The Morgan fingerprint density at radius 2 is 1.67 bits per heavy atom. The molecule has 9 heteroatoms. The number of ether oxygens (including phenoxy) is 2. The van der Waals surface area contributed by atoms with Crippen molar-refractivity contribution in [1.82, 2.24) is 14.5 Å². The van der Waals surface area contributed by atoms with Gasteiger partial charge in [0.15, 0.2) is 4.90 Å². The van der Waals surface area contributed by atoms with E-state index in [1.165, 1.54) is 14.2 Å². The van der Waals surface area contributed by atoms with Gasteiger partial charge in [-0.15, -0.1) is 0 Å². The van der Waals surface area contributed by atoms with E-state index in [9.17, 15) is 13.2 Å². The summed E-state index contributed by atoms with van der Waals surface area (Å²) in [7, 11) is -1.05. The van der Waals surface area contributed by atoms with Crippen LogP contribution in [0.5, 0.6) is 11.5 Å². The second-order valence-corrected chi connectivity index (χ2v) is 12.3. The Balaban J connectivity index is 1.76. The summed E-state index contributed by atoms with van der Waals surface area (Å²) in [6.07, 6.45) is 1.87. The van der Waals surface area contributed by atoms with E-state index in [1.54, 1.807) is 37.3 Å². The van der Waals surface area contributed by atoms with Crippen LogP contribution in [0.25, 0.3) is 11.0 Å². The number of amides is 1. The standard InChI is InChI=1S/C27H35N3O5S/c1-18(31)29-14-12-19(13-15-29)17-30-22-11-10-20(16-21(22)28-26(30)27(2,3)4)36(32,33)25-23(34-5)8-7-9-24(25)35-6/h7-11,16,19H,12-15,17H2,1-6H3. The maximum absolute atomic E-state index is 13.7. The van der Waals surface area contributed by atoms with E-state index >= 15 is 0 Å². The first-order valence-corrected chi connectivity index (χ1v) is 13.7. The zero-order valence-corrected chi connectivity index (χ0v) is 22.7. The number of carbonyl (C=O) groups excluding carboxylic acids is 1. The molecule has 0 bridgehead atoms. The van der Waals surface area contributed by atoms with Crippen molar-refractivity contribution >= 4 is 26.8 Å². The predicted molar refractivity (Wildman–Crippen MR) is 138 cm³/mol. The van der Waals surface area contributed by atoms with Crippen LogP contribution < -0.4 is 9.47 Å². The van der Waals surface area contributed by atoms with Crippen LogP contribution in [0.1, 0.15) is 46.4 Å². The van der Waals surface area contributed by atoms with Gasteiger partial charge < -0.3 is 18.9 Å². The number of fused-ring (bicyclic) bond motifs is 1. The monoisotopic (exact) mass is 513 g/mol. The fourth-order valence-corrected chi connectivity index (χ4v) is 6.50. The number of imidazole rings is 1. The van der Waals surface area contributed by atoms with E-state index in [1.807, 2.05) is 11.0 Å². The zero-order chi connectivity index (χ0) is 26.3. The maximum Gasteiger partial charge on any atom is 0.219 e. The molecule has 0 saturated carbocycles. The van der Waals surface area contributed by atoms with Crippen molar-refractivity contribution in [3.8, 4) is 11.5 Å². The minimum Gasteiger partial charge on any atom is -0.495 e. The topological polar surface area (TPSA) is 90.7 Å². The average molecular weight is 514 g/mol. The lowest BCUT2D eigenvalue weighted by Gasteiger charge is -2.32. The number of likely N-dealkylation sites (tertiary alicyclic amines) is 1. The predicted octanol–water partition coefficient (Wildman–Crippen LogP) is 4.44. The average Bonchev–Trinajstić information content (AvgIpc) is 3.22.